The predicted molar refractivity (Wildman–Crippen MR) is 117 cm³/mol. The molecule has 1 aromatic carbocycles. The SMILES string of the molecule is CC(C)(C)[Si](C)(C)OCc1cc[n+](N)cc1.Cc1cc(C)c(S(=O)(=O)[O-])c(C)c1. The Balaban J connectivity index is 0.000000296. The van der Waals surface area contributed by atoms with E-state index in [9.17, 15) is 13.0 Å². The maximum atomic E-state index is 10.8. The first kappa shape index (κ1) is 25.3. The van der Waals surface area contributed by atoms with Crippen molar-refractivity contribution >= 4 is 18.4 Å². The van der Waals surface area contributed by atoms with Gasteiger partial charge in [-0.05, 0) is 55.6 Å². The minimum Gasteiger partial charge on any atom is -0.744 e. The Morgan fingerprint density at radius 1 is 1.07 bits per heavy atom. The molecule has 0 amide bonds. The zero-order chi connectivity index (χ0) is 22.6. The predicted octanol–water partition coefficient (Wildman–Crippen LogP) is 3.73. The molecule has 0 atom stereocenters. The number of nitrogen functional groups attached to an aromatic ring is 1. The normalized spacial score (nSPS) is 12.3. The van der Waals surface area contributed by atoms with E-state index in [0.717, 1.165) is 5.56 Å². The lowest BCUT2D eigenvalue weighted by molar-refractivity contribution is -0.639. The van der Waals surface area contributed by atoms with Crippen LogP contribution in [0.2, 0.25) is 18.1 Å². The molecule has 0 fully saturated rings. The summed E-state index contributed by atoms with van der Waals surface area (Å²) >= 11 is 0. The molecule has 1 aromatic heterocycles. The van der Waals surface area contributed by atoms with Crippen molar-refractivity contribution in [1.82, 2.24) is 0 Å². The van der Waals surface area contributed by atoms with E-state index in [0.29, 0.717) is 17.7 Å². The van der Waals surface area contributed by atoms with Gasteiger partial charge in [-0.3, -0.25) is 0 Å². The number of hydrogen-bond acceptors (Lipinski definition) is 5. The minimum absolute atomic E-state index is 0.0851. The number of pyridine rings is 1. The molecule has 0 aliphatic heterocycles. The number of aromatic nitrogens is 1. The summed E-state index contributed by atoms with van der Waals surface area (Å²) < 4.78 is 40.1. The second kappa shape index (κ2) is 9.38. The smallest absolute Gasteiger partial charge is 0.199 e. The van der Waals surface area contributed by atoms with Gasteiger partial charge in [0.2, 0.25) is 0 Å². The van der Waals surface area contributed by atoms with Crippen molar-refractivity contribution in [3.63, 3.8) is 0 Å². The number of nitrogens with two attached hydrogens (primary N) is 1. The van der Waals surface area contributed by atoms with Crippen LogP contribution in [0, 0.1) is 20.8 Å². The number of aryl methyl sites for hydroxylation is 3. The van der Waals surface area contributed by atoms with Gasteiger partial charge in [-0.15, -0.1) is 0 Å². The van der Waals surface area contributed by atoms with Gasteiger partial charge >= 0.3 is 0 Å². The van der Waals surface area contributed by atoms with Gasteiger partial charge in [0.15, 0.2) is 20.7 Å². The second-order valence-electron chi connectivity index (χ2n) is 8.88. The van der Waals surface area contributed by atoms with E-state index in [-0.39, 0.29) is 9.93 Å². The lowest BCUT2D eigenvalue weighted by Gasteiger charge is -2.36. The Hall–Kier alpha value is -1.74. The van der Waals surface area contributed by atoms with Crippen LogP contribution in [0.1, 0.15) is 43.0 Å². The number of hydrogen-bond donors (Lipinski definition) is 1. The van der Waals surface area contributed by atoms with Gasteiger partial charge in [-0.25, -0.2) is 14.3 Å². The molecule has 0 saturated carbocycles. The zero-order valence-corrected chi connectivity index (χ0v) is 20.6. The summed E-state index contributed by atoms with van der Waals surface area (Å²) in [5, 5.41) is 0.259. The lowest BCUT2D eigenvalue weighted by atomic mass is 10.1. The molecule has 2 rings (SSSR count). The summed E-state index contributed by atoms with van der Waals surface area (Å²) in [7, 11) is -5.97. The van der Waals surface area contributed by atoms with Gasteiger partial charge in [0.05, 0.1) is 11.5 Å². The molecule has 2 aromatic rings. The zero-order valence-electron chi connectivity index (χ0n) is 18.7. The highest BCUT2D eigenvalue weighted by molar-refractivity contribution is 7.85. The van der Waals surface area contributed by atoms with Crippen molar-refractivity contribution in [1.29, 1.82) is 0 Å². The van der Waals surface area contributed by atoms with Crippen LogP contribution in [0.25, 0.3) is 0 Å². The fraction of sp³-hybridized carbons (Fsp3) is 0.476. The molecule has 0 spiro atoms. The van der Waals surface area contributed by atoms with Gasteiger partial charge < -0.3 is 8.98 Å². The fourth-order valence-electron chi connectivity index (χ4n) is 2.61. The van der Waals surface area contributed by atoms with Crippen molar-refractivity contribution in [2.75, 3.05) is 5.84 Å². The van der Waals surface area contributed by atoms with E-state index in [1.807, 2.05) is 31.5 Å². The molecule has 0 saturated heterocycles. The summed E-state index contributed by atoms with van der Waals surface area (Å²) in [4.78, 5) is -0.0851. The highest BCUT2D eigenvalue weighted by Crippen LogP contribution is 2.36. The maximum Gasteiger partial charge on any atom is 0.199 e. The summed E-state index contributed by atoms with van der Waals surface area (Å²) in [5.41, 5.74) is 3.17. The number of benzene rings is 1. The van der Waals surface area contributed by atoms with Gasteiger partial charge in [0, 0.05) is 12.1 Å². The van der Waals surface area contributed by atoms with Crippen LogP contribution in [-0.4, -0.2) is 21.3 Å². The van der Waals surface area contributed by atoms with Gasteiger partial charge in [0.1, 0.15) is 10.1 Å². The summed E-state index contributed by atoms with van der Waals surface area (Å²) in [6.45, 7) is 17.1. The van der Waals surface area contributed by atoms with Crippen LogP contribution in [0.15, 0.2) is 41.6 Å². The number of nitrogens with zero attached hydrogens (tertiary/aromatic N) is 1. The number of rotatable bonds is 4. The summed E-state index contributed by atoms with van der Waals surface area (Å²) in [6.07, 6.45) is 3.68. The highest BCUT2D eigenvalue weighted by Gasteiger charge is 2.37. The minimum atomic E-state index is -4.33. The molecule has 29 heavy (non-hydrogen) atoms. The molecule has 2 N–H and O–H groups in total. The van der Waals surface area contributed by atoms with Crippen LogP contribution in [0.4, 0.5) is 0 Å². The summed E-state index contributed by atoms with van der Waals surface area (Å²) in [5.74, 6) is 5.56. The molecule has 8 heteroatoms. The molecular weight excluding hydrogens is 404 g/mol. The third-order valence-electron chi connectivity index (χ3n) is 5.18. The van der Waals surface area contributed by atoms with Gasteiger partial charge in [0.25, 0.3) is 0 Å². The summed E-state index contributed by atoms with van der Waals surface area (Å²) in [6, 6.07) is 7.37. The molecule has 0 bridgehead atoms. The standard InChI is InChI=1S/C12H23N2OSi.C9H12O3S/c1-12(2,3)16(4,5)15-10-11-6-8-14(13)9-7-11;1-6-4-7(2)9(8(3)5-6)13(10,11)12/h6-9H,10,13H2,1-5H3;4-5H,1-3H3,(H,10,11,12)/q+1;/p-1. The first-order chi connectivity index (χ1) is 13.0. The van der Waals surface area contributed by atoms with Crippen molar-refractivity contribution in [2.45, 2.75) is 71.2 Å². The molecule has 1 heterocycles. The van der Waals surface area contributed by atoms with Crippen LogP contribution >= 0.6 is 0 Å². The molecule has 0 aliphatic rings. The largest absolute Gasteiger partial charge is 0.744 e. The quantitative estimate of drug-likeness (QED) is 0.340. The van der Waals surface area contributed by atoms with Gasteiger partial charge in [-0.2, -0.15) is 0 Å². The Labute approximate surface area is 176 Å². The second-order valence-corrected chi connectivity index (χ2v) is 15.0. The van der Waals surface area contributed by atoms with E-state index in [2.05, 4.69) is 33.9 Å². The fourth-order valence-corrected chi connectivity index (χ4v) is 4.47. The van der Waals surface area contributed by atoms with Crippen LogP contribution in [0.5, 0.6) is 0 Å². The molecule has 162 valence electrons. The molecule has 0 aliphatic carbocycles. The first-order valence-corrected chi connectivity index (χ1v) is 13.8. The van der Waals surface area contributed by atoms with Crippen molar-refractivity contribution in [3.05, 3.63) is 58.9 Å². The van der Waals surface area contributed by atoms with E-state index in [1.54, 1.807) is 26.0 Å². The first-order valence-electron chi connectivity index (χ1n) is 9.47. The average molecular weight is 439 g/mol. The Morgan fingerprint density at radius 2 is 1.52 bits per heavy atom. The van der Waals surface area contributed by atoms with Gasteiger partial charge in [-0.1, -0.05) is 43.1 Å². The van der Waals surface area contributed by atoms with E-state index < -0.39 is 18.4 Å². The Kier molecular flexibility index (Phi) is 8.18. The van der Waals surface area contributed by atoms with Crippen molar-refractivity contribution in [3.8, 4) is 0 Å². The Bertz CT molecular complexity index is 911. The third kappa shape index (κ3) is 7.54. The maximum absolute atomic E-state index is 10.8. The molecule has 0 unspecified atom stereocenters. The monoisotopic (exact) mass is 438 g/mol. The topological polar surface area (TPSA) is 96.3 Å². The Morgan fingerprint density at radius 3 is 1.90 bits per heavy atom. The van der Waals surface area contributed by atoms with Crippen LogP contribution in [0.3, 0.4) is 0 Å². The van der Waals surface area contributed by atoms with E-state index >= 15 is 0 Å². The van der Waals surface area contributed by atoms with Crippen molar-refractivity contribution < 1.29 is 22.1 Å². The van der Waals surface area contributed by atoms with E-state index in [1.165, 1.54) is 10.2 Å². The van der Waals surface area contributed by atoms with Crippen LogP contribution in [-0.2, 0) is 21.2 Å². The van der Waals surface area contributed by atoms with Crippen molar-refractivity contribution in [2.24, 2.45) is 0 Å². The van der Waals surface area contributed by atoms with E-state index in [4.69, 9.17) is 10.3 Å². The lowest BCUT2D eigenvalue weighted by Crippen LogP contribution is -2.43. The molecule has 0 radical (unpaired) electrons. The average Bonchev–Trinajstić information content (AvgIpc) is 2.51. The third-order valence-corrected chi connectivity index (χ3v) is 10.8. The molecule has 6 nitrogen and oxygen atoms in total. The van der Waals surface area contributed by atoms with Crippen LogP contribution < -0.4 is 10.5 Å². The molecular formula is C21H34N2O4SSi. The highest BCUT2D eigenvalue weighted by atomic mass is 32.2.